The fraction of sp³-hybridized carbons (Fsp3) is 0.500. The van der Waals surface area contributed by atoms with Crippen LogP contribution in [0.25, 0.3) is 0 Å². The van der Waals surface area contributed by atoms with Crippen LogP contribution in [0.5, 0.6) is 0 Å². The Morgan fingerprint density at radius 3 is 2.59 bits per heavy atom. The van der Waals surface area contributed by atoms with E-state index in [0.717, 1.165) is 0 Å². The number of rotatable bonds is 2. The highest BCUT2D eigenvalue weighted by Gasteiger charge is 2.56. The van der Waals surface area contributed by atoms with E-state index in [1.54, 1.807) is 26.0 Å². The average Bonchev–Trinajstić information content (AvgIpc) is 2.70. The fourth-order valence-electron chi connectivity index (χ4n) is 3.59. The van der Waals surface area contributed by atoms with Crippen LogP contribution >= 0.6 is 0 Å². The second kappa shape index (κ2) is 5.05. The van der Waals surface area contributed by atoms with Gasteiger partial charge in [0.15, 0.2) is 5.67 Å². The molecule has 0 aromatic heterocycles. The van der Waals surface area contributed by atoms with Crippen molar-refractivity contribution in [1.29, 1.82) is 0 Å². The number of fused-ring (bicyclic) bond motifs is 1. The minimum absolute atomic E-state index is 0.193. The van der Waals surface area contributed by atoms with E-state index in [4.69, 9.17) is 0 Å². The molecule has 2 fully saturated rings. The van der Waals surface area contributed by atoms with Crippen molar-refractivity contribution < 1.29 is 19.1 Å². The molecule has 22 heavy (non-hydrogen) atoms. The van der Waals surface area contributed by atoms with Crippen LogP contribution in [-0.4, -0.2) is 42.3 Å². The number of hydrogen-bond acceptors (Lipinski definition) is 3. The quantitative estimate of drug-likeness (QED) is 0.872. The molecular weight excluding hydrogens is 287 g/mol. The van der Waals surface area contributed by atoms with Gasteiger partial charge in [-0.25, -0.2) is 9.18 Å². The minimum atomic E-state index is -1.79. The van der Waals surface area contributed by atoms with E-state index < -0.39 is 17.5 Å². The van der Waals surface area contributed by atoms with Gasteiger partial charge in [0.2, 0.25) is 0 Å². The molecule has 0 spiro atoms. The van der Waals surface area contributed by atoms with Crippen LogP contribution in [0.4, 0.5) is 10.1 Å². The van der Waals surface area contributed by atoms with Gasteiger partial charge in [-0.05, 0) is 43.7 Å². The van der Waals surface area contributed by atoms with Crippen molar-refractivity contribution in [3.63, 3.8) is 0 Å². The molecule has 0 unspecified atom stereocenters. The molecule has 1 aromatic carbocycles. The van der Waals surface area contributed by atoms with E-state index in [0.29, 0.717) is 36.4 Å². The summed E-state index contributed by atoms with van der Waals surface area (Å²) in [6.45, 7) is 4.71. The average molecular weight is 306 g/mol. The van der Waals surface area contributed by atoms with Gasteiger partial charge in [-0.3, -0.25) is 4.79 Å². The van der Waals surface area contributed by atoms with E-state index in [9.17, 15) is 19.1 Å². The molecule has 0 bridgehead atoms. The Balaban J connectivity index is 1.99. The Labute approximate surface area is 128 Å². The molecule has 1 amide bonds. The lowest BCUT2D eigenvalue weighted by Gasteiger charge is -2.29. The molecule has 5 nitrogen and oxygen atoms in total. The number of aryl methyl sites for hydroxylation is 2. The van der Waals surface area contributed by atoms with E-state index in [2.05, 4.69) is 5.32 Å². The molecule has 0 saturated carbocycles. The minimum Gasteiger partial charge on any atom is -0.478 e. The molecule has 1 aromatic rings. The predicted molar refractivity (Wildman–Crippen MR) is 80.0 cm³/mol. The summed E-state index contributed by atoms with van der Waals surface area (Å²) in [7, 11) is 0. The number of aromatic carboxylic acids is 1. The highest BCUT2D eigenvalue weighted by molar-refractivity contribution is 6.03. The van der Waals surface area contributed by atoms with Crippen molar-refractivity contribution in [3.05, 3.63) is 28.8 Å². The highest BCUT2D eigenvalue weighted by atomic mass is 19.1. The summed E-state index contributed by atoms with van der Waals surface area (Å²) in [5.41, 5.74) is 0.187. The smallest absolute Gasteiger partial charge is 0.336 e. The first-order valence-electron chi connectivity index (χ1n) is 7.40. The number of carboxylic acids is 1. The van der Waals surface area contributed by atoms with Crippen molar-refractivity contribution in [2.75, 3.05) is 24.5 Å². The molecule has 2 aliphatic heterocycles. The largest absolute Gasteiger partial charge is 0.478 e. The summed E-state index contributed by atoms with van der Waals surface area (Å²) in [5, 5.41) is 12.3. The standard InChI is InChI=1S/C16H19FN2O3/c1-9-5-12(6-10(2)13(9)14(20)21)19-8-11-7-18-4-3-16(11,17)15(19)22/h5-6,11,18H,3-4,7-8H2,1-2H3,(H,20,21)/t11-,16+/m0/s1. The zero-order chi connectivity index (χ0) is 16.1. The number of alkyl halides is 1. The summed E-state index contributed by atoms with van der Waals surface area (Å²) in [5.74, 6) is -1.84. The number of carboxylic acid groups (broad SMARTS) is 1. The van der Waals surface area contributed by atoms with Crippen LogP contribution in [0.15, 0.2) is 12.1 Å². The number of hydrogen-bond donors (Lipinski definition) is 2. The van der Waals surface area contributed by atoms with Crippen LogP contribution in [0.2, 0.25) is 0 Å². The number of nitrogens with zero attached hydrogens (tertiary/aromatic N) is 1. The molecule has 2 atom stereocenters. The van der Waals surface area contributed by atoms with Crippen LogP contribution in [0.3, 0.4) is 0 Å². The van der Waals surface area contributed by atoms with Crippen LogP contribution < -0.4 is 10.2 Å². The molecule has 3 rings (SSSR count). The first kappa shape index (κ1) is 15.0. The molecule has 2 heterocycles. The van der Waals surface area contributed by atoms with Gasteiger partial charge >= 0.3 is 5.97 Å². The number of carbonyl (C=O) groups is 2. The molecule has 2 N–H and O–H groups in total. The van der Waals surface area contributed by atoms with Crippen LogP contribution in [-0.2, 0) is 4.79 Å². The van der Waals surface area contributed by atoms with Gasteiger partial charge in [-0.1, -0.05) is 0 Å². The Hall–Kier alpha value is -1.95. The zero-order valence-electron chi connectivity index (χ0n) is 12.6. The summed E-state index contributed by atoms with van der Waals surface area (Å²) in [6, 6.07) is 3.31. The fourth-order valence-corrected chi connectivity index (χ4v) is 3.59. The van der Waals surface area contributed by atoms with Gasteiger partial charge in [0, 0.05) is 31.1 Å². The Morgan fingerprint density at radius 1 is 1.41 bits per heavy atom. The van der Waals surface area contributed by atoms with Crippen LogP contribution in [0, 0.1) is 19.8 Å². The maximum atomic E-state index is 15.0. The first-order chi connectivity index (χ1) is 10.3. The number of nitrogens with one attached hydrogen (secondary N) is 1. The van der Waals surface area contributed by atoms with E-state index in [1.807, 2.05) is 0 Å². The topological polar surface area (TPSA) is 69.6 Å². The molecule has 2 aliphatic rings. The number of carbonyl (C=O) groups excluding carboxylic acids is 1. The van der Waals surface area contributed by atoms with Crippen molar-refractivity contribution >= 4 is 17.6 Å². The second-order valence-electron chi connectivity index (χ2n) is 6.19. The third-order valence-electron chi connectivity index (χ3n) is 4.75. The van der Waals surface area contributed by atoms with E-state index in [1.165, 1.54) is 4.90 Å². The van der Waals surface area contributed by atoms with Gasteiger partial charge in [0.25, 0.3) is 5.91 Å². The molecule has 118 valence electrons. The molecular formula is C16H19FN2O3. The summed E-state index contributed by atoms with van der Waals surface area (Å²) >= 11 is 0. The van der Waals surface area contributed by atoms with E-state index in [-0.39, 0.29) is 17.9 Å². The monoisotopic (exact) mass is 306 g/mol. The first-order valence-corrected chi connectivity index (χ1v) is 7.40. The molecule has 0 aliphatic carbocycles. The van der Waals surface area contributed by atoms with Crippen molar-refractivity contribution in [2.45, 2.75) is 25.9 Å². The number of benzene rings is 1. The SMILES string of the molecule is Cc1cc(N2C[C@@H]3CNCC[C@]3(F)C2=O)cc(C)c1C(=O)O. The van der Waals surface area contributed by atoms with Gasteiger partial charge in [0.1, 0.15) is 0 Å². The Bertz CT molecular complexity index is 638. The molecule has 0 radical (unpaired) electrons. The lowest BCUT2D eigenvalue weighted by atomic mass is 9.86. The summed E-state index contributed by atoms with van der Waals surface area (Å²) in [6.07, 6.45) is 0.193. The maximum Gasteiger partial charge on any atom is 0.336 e. The number of anilines is 1. The number of amides is 1. The summed E-state index contributed by atoms with van der Waals surface area (Å²) in [4.78, 5) is 25.2. The Kier molecular flexibility index (Phi) is 3.44. The number of piperidine rings is 1. The maximum absolute atomic E-state index is 15.0. The Morgan fingerprint density at radius 2 is 2.05 bits per heavy atom. The highest BCUT2D eigenvalue weighted by Crippen LogP contribution is 2.40. The third kappa shape index (κ3) is 2.09. The van der Waals surface area contributed by atoms with Crippen molar-refractivity contribution in [2.24, 2.45) is 5.92 Å². The second-order valence-corrected chi connectivity index (χ2v) is 6.19. The van der Waals surface area contributed by atoms with Gasteiger partial charge in [-0.15, -0.1) is 0 Å². The van der Waals surface area contributed by atoms with Crippen molar-refractivity contribution in [1.82, 2.24) is 5.32 Å². The molecule has 2 saturated heterocycles. The van der Waals surface area contributed by atoms with Crippen molar-refractivity contribution in [3.8, 4) is 0 Å². The predicted octanol–water partition coefficient (Wildman–Crippen LogP) is 1.67. The lowest BCUT2D eigenvalue weighted by Crippen LogP contribution is -2.49. The lowest BCUT2D eigenvalue weighted by molar-refractivity contribution is -0.130. The van der Waals surface area contributed by atoms with E-state index >= 15 is 0 Å². The van der Waals surface area contributed by atoms with Gasteiger partial charge in [0.05, 0.1) is 5.56 Å². The number of halogens is 1. The molecule has 6 heteroatoms. The zero-order valence-corrected chi connectivity index (χ0v) is 12.6. The van der Waals surface area contributed by atoms with Gasteiger partial charge < -0.3 is 15.3 Å². The summed E-state index contributed by atoms with van der Waals surface area (Å²) < 4.78 is 15.0. The van der Waals surface area contributed by atoms with Gasteiger partial charge in [-0.2, -0.15) is 0 Å². The third-order valence-corrected chi connectivity index (χ3v) is 4.75. The normalized spacial score (nSPS) is 27.9. The van der Waals surface area contributed by atoms with Crippen LogP contribution in [0.1, 0.15) is 27.9 Å².